The van der Waals surface area contributed by atoms with Gasteiger partial charge in [0.25, 0.3) is 0 Å². The minimum absolute atomic E-state index is 0.115. The molecule has 0 fully saturated rings. The number of ketones is 1. The van der Waals surface area contributed by atoms with E-state index in [4.69, 9.17) is 0 Å². The summed E-state index contributed by atoms with van der Waals surface area (Å²) in [5.41, 5.74) is 3.23. The Kier molecular flexibility index (Phi) is 11.2. The second kappa shape index (κ2) is 14.6. The van der Waals surface area contributed by atoms with Gasteiger partial charge < -0.3 is 10.2 Å². The number of carbonyl (C=O) groups excluding carboxylic acids is 3. The van der Waals surface area contributed by atoms with Crippen molar-refractivity contribution in [2.45, 2.75) is 52.6 Å². The molecule has 3 aromatic carbocycles. The van der Waals surface area contributed by atoms with E-state index in [-0.39, 0.29) is 30.3 Å². The van der Waals surface area contributed by atoms with E-state index in [1.165, 1.54) is 17.9 Å². The third kappa shape index (κ3) is 9.28. The number of nitrogens with zero attached hydrogens (tertiary/aromatic N) is 2. The number of sulfonamides is 1. The summed E-state index contributed by atoms with van der Waals surface area (Å²) in [5, 5.41) is 2.97. The SMILES string of the molecule is CCCCNC(=O)[C@H](Cc1ccccc1)N(Cc1cccc(C)c1)C(=O)CN(c1cccc(C(C)=O)c1)S(C)(=O)=O. The number of aryl methyl sites for hydroxylation is 1. The molecule has 2 amide bonds. The Morgan fingerprint density at radius 1 is 0.902 bits per heavy atom. The number of benzene rings is 3. The quantitative estimate of drug-likeness (QED) is 0.224. The van der Waals surface area contributed by atoms with Crippen LogP contribution in [0.1, 0.15) is 53.7 Å². The number of rotatable bonds is 14. The Morgan fingerprint density at radius 3 is 2.22 bits per heavy atom. The molecule has 3 aromatic rings. The van der Waals surface area contributed by atoms with E-state index >= 15 is 0 Å². The van der Waals surface area contributed by atoms with Gasteiger partial charge in [0.05, 0.1) is 11.9 Å². The number of hydrogen-bond acceptors (Lipinski definition) is 5. The van der Waals surface area contributed by atoms with E-state index in [2.05, 4.69) is 5.32 Å². The van der Waals surface area contributed by atoms with E-state index in [0.29, 0.717) is 12.1 Å². The van der Waals surface area contributed by atoms with Crippen molar-refractivity contribution < 1.29 is 22.8 Å². The van der Waals surface area contributed by atoms with Gasteiger partial charge in [0, 0.05) is 25.1 Å². The fraction of sp³-hybridized carbons (Fsp3) is 0.344. The van der Waals surface area contributed by atoms with Gasteiger partial charge in [-0.3, -0.25) is 18.7 Å². The zero-order valence-electron chi connectivity index (χ0n) is 24.2. The Balaban J connectivity index is 2.05. The zero-order chi connectivity index (χ0) is 30.0. The molecule has 0 aliphatic carbocycles. The first-order chi connectivity index (χ1) is 19.5. The van der Waals surface area contributed by atoms with Crippen LogP contribution in [0.2, 0.25) is 0 Å². The summed E-state index contributed by atoms with van der Waals surface area (Å²) in [7, 11) is -3.92. The minimum Gasteiger partial charge on any atom is -0.354 e. The maximum atomic E-state index is 14.1. The van der Waals surface area contributed by atoms with Gasteiger partial charge in [0.1, 0.15) is 12.6 Å². The van der Waals surface area contributed by atoms with Gasteiger partial charge in [0.15, 0.2) is 5.78 Å². The zero-order valence-corrected chi connectivity index (χ0v) is 25.0. The van der Waals surface area contributed by atoms with Gasteiger partial charge in [-0.2, -0.15) is 0 Å². The number of Topliss-reactive ketones (excluding diaryl/α,β-unsaturated/α-hetero) is 1. The predicted octanol–water partition coefficient (Wildman–Crippen LogP) is 4.52. The van der Waals surface area contributed by atoms with Gasteiger partial charge in [-0.15, -0.1) is 0 Å². The normalized spacial score (nSPS) is 11.9. The molecule has 0 aromatic heterocycles. The van der Waals surface area contributed by atoms with Crippen LogP contribution in [0.15, 0.2) is 78.9 Å². The van der Waals surface area contributed by atoms with E-state index < -0.39 is 28.5 Å². The summed E-state index contributed by atoms with van der Waals surface area (Å²) in [6, 6.07) is 22.4. The Labute approximate surface area is 243 Å². The van der Waals surface area contributed by atoms with Crippen molar-refractivity contribution in [3.63, 3.8) is 0 Å². The molecule has 1 N–H and O–H groups in total. The van der Waals surface area contributed by atoms with Crippen molar-refractivity contribution in [3.8, 4) is 0 Å². The Hall–Kier alpha value is -3.98. The Bertz CT molecular complexity index is 1460. The number of hydrogen-bond donors (Lipinski definition) is 1. The van der Waals surface area contributed by atoms with Gasteiger partial charge in [-0.1, -0.05) is 85.6 Å². The predicted molar refractivity (Wildman–Crippen MR) is 162 cm³/mol. The van der Waals surface area contributed by atoms with Crippen LogP contribution in [-0.2, 0) is 32.6 Å². The fourth-order valence-corrected chi connectivity index (χ4v) is 5.40. The van der Waals surface area contributed by atoms with Crippen LogP contribution in [0.25, 0.3) is 0 Å². The highest BCUT2D eigenvalue weighted by molar-refractivity contribution is 7.92. The molecular weight excluding hydrogens is 538 g/mol. The highest BCUT2D eigenvalue weighted by atomic mass is 32.2. The highest BCUT2D eigenvalue weighted by Gasteiger charge is 2.33. The number of amides is 2. The summed E-state index contributed by atoms with van der Waals surface area (Å²) in [5.74, 6) is -1.05. The molecule has 218 valence electrons. The number of unbranched alkanes of at least 4 members (excludes halogenated alkanes) is 1. The second-order valence-corrected chi connectivity index (χ2v) is 12.1. The van der Waals surface area contributed by atoms with Crippen LogP contribution in [0, 0.1) is 6.92 Å². The number of anilines is 1. The van der Waals surface area contributed by atoms with E-state index in [1.807, 2.05) is 68.4 Å². The third-order valence-electron chi connectivity index (χ3n) is 6.76. The first kappa shape index (κ1) is 31.5. The van der Waals surface area contributed by atoms with Crippen LogP contribution in [0.3, 0.4) is 0 Å². The monoisotopic (exact) mass is 577 g/mol. The molecular formula is C32H39N3O5S. The molecule has 0 radical (unpaired) electrons. The lowest BCUT2D eigenvalue weighted by Gasteiger charge is -2.33. The maximum Gasteiger partial charge on any atom is 0.244 e. The van der Waals surface area contributed by atoms with Crippen LogP contribution in [0.4, 0.5) is 5.69 Å². The van der Waals surface area contributed by atoms with Crippen LogP contribution in [-0.4, -0.2) is 56.3 Å². The van der Waals surface area contributed by atoms with Crippen LogP contribution in [0.5, 0.6) is 0 Å². The van der Waals surface area contributed by atoms with Crippen molar-refractivity contribution >= 4 is 33.3 Å². The average Bonchev–Trinajstić information content (AvgIpc) is 2.93. The average molecular weight is 578 g/mol. The smallest absolute Gasteiger partial charge is 0.244 e. The van der Waals surface area contributed by atoms with Crippen molar-refractivity contribution in [1.29, 1.82) is 0 Å². The van der Waals surface area contributed by atoms with Gasteiger partial charge in [-0.25, -0.2) is 8.42 Å². The lowest BCUT2D eigenvalue weighted by atomic mass is 10.0. The highest BCUT2D eigenvalue weighted by Crippen LogP contribution is 2.22. The molecule has 0 heterocycles. The van der Waals surface area contributed by atoms with Crippen LogP contribution >= 0.6 is 0 Å². The first-order valence-electron chi connectivity index (χ1n) is 13.7. The summed E-state index contributed by atoms with van der Waals surface area (Å²) >= 11 is 0. The molecule has 3 rings (SSSR count). The van der Waals surface area contributed by atoms with E-state index in [9.17, 15) is 22.8 Å². The Morgan fingerprint density at radius 2 is 1.59 bits per heavy atom. The molecule has 0 spiro atoms. The molecule has 0 aliphatic rings. The molecule has 0 bridgehead atoms. The summed E-state index contributed by atoms with van der Waals surface area (Å²) in [6.07, 6.45) is 2.97. The molecule has 0 unspecified atom stereocenters. The number of nitrogens with one attached hydrogen (secondary N) is 1. The van der Waals surface area contributed by atoms with Crippen LogP contribution < -0.4 is 9.62 Å². The molecule has 41 heavy (non-hydrogen) atoms. The summed E-state index contributed by atoms with van der Waals surface area (Å²) in [6.45, 7) is 5.43. The molecule has 8 nitrogen and oxygen atoms in total. The minimum atomic E-state index is -3.92. The first-order valence-corrected chi connectivity index (χ1v) is 15.6. The standard InChI is InChI=1S/C32H39N3O5S/c1-5-6-18-33-32(38)30(20-26-13-8-7-9-14-26)34(22-27-15-10-12-24(2)19-27)31(37)23-35(41(4,39)40)29-17-11-16-28(21-29)25(3)36/h7-17,19,21,30H,5-6,18,20,22-23H2,1-4H3,(H,33,38)/t30-/m0/s1. The maximum absolute atomic E-state index is 14.1. The summed E-state index contributed by atoms with van der Waals surface area (Å²) in [4.78, 5) is 41.2. The third-order valence-corrected chi connectivity index (χ3v) is 7.90. The van der Waals surface area contributed by atoms with Gasteiger partial charge in [-0.05, 0) is 43.5 Å². The van der Waals surface area contributed by atoms with E-state index in [0.717, 1.165) is 40.1 Å². The molecule has 9 heteroatoms. The summed E-state index contributed by atoms with van der Waals surface area (Å²) < 4.78 is 26.9. The fourth-order valence-electron chi connectivity index (χ4n) is 4.56. The largest absolute Gasteiger partial charge is 0.354 e. The molecule has 0 saturated heterocycles. The second-order valence-electron chi connectivity index (χ2n) is 10.2. The number of carbonyl (C=O) groups is 3. The molecule has 1 atom stereocenters. The van der Waals surface area contributed by atoms with Crippen molar-refractivity contribution in [2.75, 3.05) is 23.7 Å². The topological polar surface area (TPSA) is 104 Å². The van der Waals surface area contributed by atoms with Gasteiger partial charge in [0.2, 0.25) is 21.8 Å². The van der Waals surface area contributed by atoms with Crippen molar-refractivity contribution in [3.05, 3.63) is 101 Å². The van der Waals surface area contributed by atoms with Gasteiger partial charge >= 0.3 is 0 Å². The van der Waals surface area contributed by atoms with Crippen molar-refractivity contribution in [2.24, 2.45) is 0 Å². The van der Waals surface area contributed by atoms with E-state index in [1.54, 1.807) is 18.2 Å². The molecule has 0 aliphatic heterocycles. The van der Waals surface area contributed by atoms with Crippen molar-refractivity contribution in [1.82, 2.24) is 10.2 Å². The molecule has 0 saturated carbocycles. The lowest BCUT2D eigenvalue weighted by Crippen LogP contribution is -2.53. The lowest BCUT2D eigenvalue weighted by molar-refractivity contribution is -0.140.